The first-order valence-electron chi connectivity index (χ1n) is 5.99. The van der Waals surface area contributed by atoms with Crippen LogP contribution in [0, 0.1) is 0 Å². The van der Waals surface area contributed by atoms with E-state index < -0.39 is 36.1 Å². The van der Waals surface area contributed by atoms with E-state index in [0.717, 1.165) is 0 Å². The van der Waals surface area contributed by atoms with Gasteiger partial charge in [0.05, 0.1) is 0 Å². The molecule has 0 heterocycles. The number of alkyl halides is 3. The van der Waals surface area contributed by atoms with Crippen LogP contribution in [0.3, 0.4) is 0 Å². The van der Waals surface area contributed by atoms with E-state index in [9.17, 15) is 22.8 Å². The molecule has 112 valence electrons. The highest BCUT2D eigenvalue weighted by atomic mass is 19.4. The van der Waals surface area contributed by atoms with Gasteiger partial charge in [-0.3, -0.25) is 4.79 Å². The Bertz CT molecular complexity index is 334. The summed E-state index contributed by atoms with van der Waals surface area (Å²) in [6.07, 6.45) is -5.02. The van der Waals surface area contributed by atoms with E-state index in [0.29, 0.717) is 6.42 Å². The quantitative estimate of drug-likeness (QED) is 0.659. The Morgan fingerprint density at radius 2 is 1.79 bits per heavy atom. The number of nitrogens with two attached hydrogens (primary N) is 1. The van der Waals surface area contributed by atoms with E-state index in [4.69, 9.17) is 10.8 Å². The van der Waals surface area contributed by atoms with E-state index in [1.165, 1.54) is 6.92 Å². The lowest BCUT2D eigenvalue weighted by atomic mass is 9.92. The summed E-state index contributed by atoms with van der Waals surface area (Å²) in [7, 11) is 0. The minimum absolute atomic E-state index is 0.0428. The SMILES string of the molecule is CCC[C@H](NC(=O)[C@@](N)(CCC)C(F)(F)F)C(=O)O. The van der Waals surface area contributed by atoms with Gasteiger partial charge in [-0.25, -0.2) is 4.79 Å². The minimum Gasteiger partial charge on any atom is -0.480 e. The van der Waals surface area contributed by atoms with E-state index in [1.54, 1.807) is 6.92 Å². The number of halogens is 3. The highest BCUT2D eigenvalue weighted by Crippen LogP contribution is 2.32. The fourth-order valence-electron chi connectivity index (χ4n) is 1.61. The fourth-order valence-corrected chi connectivity index (χ4v) is 1.61. The number of amides is 1. The summed E-state index contributed by atoms with van der Waals surface area (Å²) >= 11 is 0. The van der Waals surface area contributed by atoms with Gasteiger partial charge in [0.1, 0.15) is 6.04 Å². The smallest absolute Gasteiger partial charge is 0.415 e. The molecule has 0 aromatic carbocycles. The van der Waals surface area contributed by atoms with E-state index in [-0.39, 0.29) is 12.8 Å². The van der Waals surface area contributed by atoms with Crippen LogP contribution in [0.1, 0.15) is 39.5 Å². The number of carbonyl (C=O) groups is 2. The molecule has 4 N–H and O–H groups in total. The van der Waals surface area contributed by atoms with Crippen molar-refractivity contribution >= 4 is 11.9 Å². The summed E-state index contributed by atoms with van der Waals surface area (Å²) in [5.41, 5.74) is 2.09. The predicted molar refractivity (Wildman–Crippen MR) is 62.4 cm³/mol. The molecule has 0 bridgehead atoms. The maximum atomic E-state index is 12.8. The summed E-state index contributed by atoms with van der Waals surface area (Å²) in [5.74, 6) is -2.88. The number of carboxylic acid groups (broad SMARTS) is 1. The van der Waals surface area contributed by atoms with Gasteiger partial charge in [0.15, 0.2) is 5.54 Å². The van der Waals surface area contributed by atoms with Crippen LogP contribution in [-0.2, 0) is 9.59 Å². The van der Waals surface area contributed by atoms with Crippen molar-refractivity contribution < 1.29 is 27.9 Å². The lowest BCUT2D eigenvalue weighted by Crippen LogP contribution is -2.65. The molecule has 2 atom stereocenters. The van der Waals surface area contributed by atoms with Gasteiger partial charge in [-0.05, 0) is 12.8 Å². The van der Waals surface area contributed by atoms with Crippen LogP contribution < -0.4 is 11.1 Å². The second-order valence-corrected chi connectivity index (χ2v) is 4.37. The average molecular weight is 284 g/mol. The molecule has 0 spiro atoms. The molecule has 0 radical (unpaired) electrons. The molecule has 0 fully saturated rings. The first-order chi connectivity index (χ1) is 8.60. The van der Waals surface area contributed by atoms with Crippen LogP contribution in [0.5, 0.6) is 0 Å². The monoisotopic (exact) mass is 284 g/mol. The zero-order valence-corrected chi connectivity index (χ0v) is 10.9. The van der Waals surface area contributed by atoms with Gasteiger partial charge in [0.2, 0.25) is 5.91 Å². The van der Waals surface area contributed by atoms with Crippen molar-refractivity contribution in [3.05, 3.63) is 0 Å². The second kappa shape index (κ2) is 6.74. The third-order valence-corrected chi connectivity index (χ3v) is 2.74. The molecular weight excluding hydrogens is 265 g/mol. The molecule has 0 aliphatic rings. The van der Waals surface area contributed by atoms with Crippen molar-refractivity contribution in [2.24, 2.45) is 5.73 Å². The summed E-state index contributed by atoms with van der Waals surface area (Å²) in [4.78, 5) is 22.5. The van der Waals surface area contributed by atoms with Gasteiger partial charge in [0.25, 0.3) is 0 Å². The Morgan fingerprint density at radius 3 is 2.11 bits per heavy atom. The largest absolute Gasteiger partial charge is 0.480 e. The van der Waals surface area contributed by atoms with Gasteiger partial charge >= 0.3 is 12.1 Å². The number of hydrogen-bond acceptors (Lipinski definition) is 3. The highest BCUT2D eigenvalue weighted by molar-refractivity contribution is 5.90. The van der Waals surface area contributed by atoms with Gasteiger partial charge < -0.3 is 16.2 Å². The van der Waals surface area contributed by atoms with Crippen LogP contribution >= 0.6 is 0 Å². The third-order valence-electron chi connectivity index (χ3n) is 2.74. The molecule has 1 amide bonds. The van der Waals surface area contributed by atoms with E-state index in [1.807, 2.05) is 5.32 Å². The van der Waals surface area contributed by atoms with Crippen molar-refractivity contribution in [3.63, 3.8) is 0 Å². The van der Waals surface area contributed by atoms with Crippen LogP contribution in [0.25, 0.3) is 0 Å². The van der Waals surface area contributed by atoms with Gasteiger partial charge in [0, 0.05) is 0 Å². The molecule has 0 rings (SSSR count). The van der Waals surface area contributed by atoms with Crippen molar-refractivity contribution in [1.82, 2.24) is 5.32 Å². The van der Waals surface area contributed by atoms with E-state index >= 15 is 0 Å². The molecule has 5 nitrogen and oxygen atoms in total. The Kier molecular flexibility index (Phi) is 6.28. The lowest BCUT2D eigenvalue weighted by molar-refractivity contribution is -0.194. The van der Waals surface area contributed by atoms with Crippen molar-refractivity contribution in [3.8, 4) is 0 Å². The number of carboxylic acids is 1. The topological polar surface area (TPSA) is 92.4 Å². The molecule has 0 aliphatic heterocycles. The maximum Gasteiger partial charge on any atom is 0.415 e. The molecule has 0 unspecified atom stereocenters. The first-order valence-corrected chi connectivity index (χ1v) is 5.99. The minimum atomic E-state index is -4.93. The molecule has 0 aromatic heterocycles. The number of nitrogens with one attached hydrogen (secondary N) is 1. The summed E-state index contributed by atoms with van der Waals surface area (Å²) in [6.45, 7) is 3.12. The average Bonchev–Trinajstić information content (AvgIpc) is 2.26. The lowest BCUT2D eigenvalue weighted by Gasteiger charge is -2.31. The Morgan fingerprint density at radius 1 is 1.26 bits per heavy atom. The Hall–Kier alpha value is -1.31. The first kappa shape index (κ1) is 17.7. The summed E-state index contributed by atoms with van der Waals surface area (Å²) < 4.78 is 38.5. The zero-order valence-electron chi connectivity index (χ0n) is 10.9. The Balaban J connectivity index is 5.07. The maximum absolute atomic E-state index is 12.8. The normalized spacial score (nSPS) is 16.5. The molecule has 19 heavy (non-hydrogen) atoms. The molecular formula is C11H19F3N2O3. The number of aliphatic carboxylic acids is 1. The van der Waals surface area contributed by atoms with Crippen LogP contribution in [-0.4, -0.2) is 34.7 Å². The number of hydrogen-bond donors (Lipinski definition) is 3. The molecule has 0 aliphatic carbocycles. The Labute approximate surface area is 109 Å². The summed E-state index contributed by atoms with van der Waals surface area (Å²) in [5, 5.41) is 10.7. The van der Waals surface area contributed by atoms with Crippen molar-refractivity contribution in [2.75, 3.05) is 0 Å². The number of rotatable bonds is 7. The number of carbonyl (C=O) groups excluding carboxylic acids is 1. The van der Waals surface area contributed by atoms with Gasteiger partial charge in [-0.1, -0.05) is 26.7 Å². The van der Waals surface area contributed by atoms with Crippen LogP contribution in [0.2, 0.25) is 0 Å². The molecule has 0 saturated carbocycles. The van der Waals surface area contributed by atoms with Gasteiger partial charge in [-0.2, -0.15) is 13.2 Å². The fraction of sp³-hybridized carbons (Fsp3) is 0.818. The van der Waals surface area contributed by atoms with E-state index in [2.05, 4.69) is 0 Å². The predicted octanol–water partition coefficient (Wildman–Crippen LogP) is 1.42. The zero-order chi connectivity index (χ0) is 15.3. The van der Waals surface area contributed by atoms with Crippen LogP contribution in [0.15, 0.2) is 0 Å². The van der Waals surface area contributed by atoms with Crippen LogP contribution in [0.4, 0.5) is 13.2 Å². The highest BCUT2D eigenvalue weighted by Gasteiger charge is 2.57. The van der Waals surface area contributed by atoms with Gasteiger partial charge in [-0.15, -0.1) is 0 Å². The standard InChI is InChI=1S/C11H19F3N2O3/c1-3-5-7(8(17)18)16-9(19)10(15,6-4-2)11(12,13)14/h7H,3-6,15H2,1-2H3,(H,16,19)(H,17,18)/t7-,10-/m0/s1. The summed E-state index contributed by atoms with van der Waals surface area (Å²) in [6, 6.07) is -1.36. The van der Waals surface area contributed by atoms with Crippen molar-refractivity contribution in [1.29, 1.82) is 0 Å². The third kappa shape index (κ3) is 4.38. The molecule has 0 aromatic rings. The van der Waals surface area contributed by atoms with Crippen molar-refractivity contribution in [2.45, 2.75) is 57.3 Å². The molecule has 0 saturated heterocycles. The molecule has 8 heteroatoms. The second-order valence-electron chi connectivity index (χ2n) is 4.37.